The molecule has 1 aliphatic heterocycles. The van der Waals surface area contributed by atoms with Crippen LogP contribution >= 0.6 is 0 Å². The number of carbonyl (C=O) groups is 1. The van der Waals surface area contributed by atoms with Crippen LogP contribution in [0.3, 0.4) is 0 Å². The van der Waals surface area contributed by atoms with Crippen LogP contribution in [0.25, 0.3) is 0 Å². The Balaban J connectivity index is 2.69. The number of carbonyl (C=O) groups excluding carboxylic acids is 1. The molecule has 1 heterocycles. The molecule has 0 aliphatic carbocycles. The molecule has 0 amide bonds. The number of fused-ring (bicyclic) bond motifs is 1. The standard InChI is InChI=1S/C11H12O4S/c1-7-6-16(13,14)10-4-3-8(15-2)5-9(10)11(7)12/h3-5,7H,6H2,1-2H3. The number of hydrogen-bond acceptors (Lipinski definition) is 4. The van der Waals surface area contributed by atoms with Crippen molar-refractivity contribution in [2.24, 2.45) is 5.92 Å². The van der Waals surface area contributed by atoms with Crippen molar-refractivity contribution >= 4 is 15.6 Å². The van der Waals surface area contributed by atoms with Gasteiger partial charge in [0.15, 0.2) is 15.6 Å². The van der Waals surface area contributed by atoms with Crippen molar-refractivity contribution in [3.05, 3.63) is 23.8 Å². The van der Waals surface area contributed by atoms with Crippen molar-refractivity contribution in [1.82, 2.24) is 0 Å². The Kier molecular flexibility index (Phi) is 2.50. The lowest BCUT2D eigenvalue weighted by atomic mass is 10.0. The average Bonchev–Trinajstić information content (AvgIpc) is 2.25. The molecule has 1 aromatic rings. The van der Waals surface area contributed by atoms with E-state index in [0.717, 1.165) is 0 Å². The third-order valence-corrected chi connectivity index (χ3v) is 4.67. The summed E-state index contributed by atoms with van der Waals surface area (Å²) in [4.78, 5) is 12.0. The summed E-state index contributed by atoms with van der Waals surface area (Å²) in [6, 6.07) is 4.48. The number of benzene rings is 1. The second-order valence-corrected chi connectivity index (χ2v) is 5.91. The minimum atomic E-state index is -3.33. The van der Waals surface area contributed by atoms with Crippen molar-refractivity contribution in [3.63, 3.8) is 0 Å². The Morgan fingerprint density at radius 2 is 2.06 bits per heavy atom. The van der Waals surface area contributed by atoms with Crippen LogP contribution in [0.2, 0.25) is 0 Å². The fourth-order valence-corrected chi connectivity index (χ4v) is 3.62. The molecule has 1 unspecified atom stereocenters. The van der Waals surface area contributed by atoms with Crippen LogP contribution < -0.4 is 4.74 Å². The highest BCUT2D eigenvalue weighted by atomic mass is 32.2. The van der Waals surface area contributed by atoms with E-state index in [0.29, 0.717) is 5.75 Å². The van der Waals surface area contributed by atoms with Gasteiger partial charge in [-0.25, -0.2) is 8.42 Å². The summed E-state index contributed by atoms with van der Waals surface area (Å²) in [6.07, 6.45) is 0. The Morgan fingerprint density at radius 1 is 1.38 bits per heavy atom. The molecular formula is C11H12O4S. The lowest BCUT2D eigenvalue weighted by Crippen LogP contribution is -2.29. The Bertz CT molecular complexity index is 545. The van der Waals surface area contributed by atoms with Crippen LogP contribution in [0.5, 0.6) is 5.75 Å². The maximum absolute atomic E-state index is 11.9. The smallest absolute Gasteiger partial charge is 0.179 e. The van der Waals surface area contributed by atoms with Gasteiger partial charge in [0, 0.05) is 11.5 Å². The number of ketones is 1. The summed E-state index contributed by atoms with van der Waals surface area (Å²) < 4.78 is 28.7. The first-order chi connectivity index (χ1) is 7.45. The molecule has 1 atom stereocenters. The zero-order chi connectivity index (χ0) is 11.9. The van der Waals surface area contributed by atoms with Crippen LogP contribution in [0.4, 0.5) is 0 Å². The maximum Gasteiger partial charge on any atom is 0.179 e. The average molecular weight is 240 g/mol. The van der Waals surface area contributed by atoms with Crippen LogP contribution in [0.1, 0.15) is 17.3 Å². The van der Waals surface area contributed by atoms with Crippen LogP contribution in [-0.2, 0) is 9.84 Å². The van der Waals surface area contributed by atoms with E-state index >= 15 is 0 Å². The second kappa shape index (κ2) is 3.59. The van der Waals surface area contributed by atoms with Crippen molar-refractivity contribution in [3.8, 4) is 5.75 Å². The van der Waals surface area contributed by atoms with Gasteiger partial charge in [-0.3, -0.25) is 4.79 Å². The summed E-state index contributed by atoms with van der Waals surface area (Å²) >= 11 is 0. The topological polar surface area (TPSA) is 60.4 Å². The fourth-order valence-electron chi connectivity index (χ4n) is 1.86. The van der Waals surface area contributed by atoms with E-state index in [-0.39, 0.29) is 22.0 Å². The molecule has 86 valence electrons. The van der Waals surface area contributed by atoms with Crippen LogP contribution in [0.15, 0.2) is 23.1 Å². The van der Waals surface area contributed by atoms with E-state index in [2.05, 4.69) is 0 Å². The zero-order valence-corrected chi connectivity index (χ0v) is 9.87. The van der Waals surface area contributed by atoms with Gasteiger partial charge in [-0.15, -0.1) is 0 Å². The molecule has 0 fully saturated rings. The van der Waals surface area contributed by atoms with Crippen molar-refractivity contribution in [2.45, 2.75) is 11.8 Å². The predicted molar refractivity (Wildman–Crippen MR) is 58.5 cm³/mol. The Hall–Kier alpha value is -1.36. The van der Waals surface area contributed by atoms with Gasteiger partial charge in [0.2, 0.25) is 0 Å². The van der Waals surface area contributed by atoms with E-state index in [1.807, 2.05) is 0 Å². The van der Waals surface area contributed by atoms with Gasteiger partial charge in [0.1, 0.15) is 5.75 Å². The van der Waals surface area contributed by atoms with Crippen LogP contribution in [0, 0.1) is 5.92 Å². The molecule has 0 bridgehead atoms. The highest BCUT2D eigenvalue weighted by Crippen LogP contribution is 2.30. The minimum Gasteiger partial charge on any atom is -0.497 e. The quantitative estimate of drug-likeness (QED) is 0.742. The molecule has 2 rings (SSSR count). The lowest BCUT2D eigenvalue weighted by Gasteiger charge is -2.20. The number of methoxy groups -OCH3 is 1. The first kappa shape index (κ1) is 11.1. The number of Topliss-reactive ketones (excluding diaryl/α,β-unsaturated/α-hetero) is 1. The molecule has 4 nitrogen and oxygen atoms in total. The maximum atomic E-state index is 11.9. The molecular weight excluding hydrogens is 228 g/mol. The molecule has 0 N–H and O–H groups in total. The molecule has 0 saturated heterocycles. The fraction of sp³-hybridized carbons (Fsp3) is 0.364. The van der Waals surface area contributed by atoms with Gasteiger partial charge in [0.25, 0.3) is 0 Å². The third-order valence-electron chi connectivity index (χ3n) is 2.70. The van der Waals surface area contributed by atoms with Crippen molar-refractivity contribution < 1.29 is 17.9 Å². The second-order valence-electron chi connectivity index (χ2n) is 3.91. The predicted octanol–water partition coefficient (Wildman–Crippen LogP) is 1.30. The first-order valence-corrected chi connectivity index (χ1v) is 6.56. The van der Waals surface area contributed by atoms with Crippen LogP contribution in [-0.4, -0.2) is 27.1 Å². The highest BCUT2D eigenvalue weighted by molar-refractivity contribution is 7.91. The molecule has 1 aliphatic rings. The van der Waals surface area contributed by atoms with Gasteiger partial charge in [-0.2, -0.15) is 0 Å². The van der Waals surface area contributed by atoms with Gasteiger partial charge >= 0.3 is 0 Å². The van der Waals surface area contributed by atoms with Crippen molar-refractivity contribution in [2.75, 3.05) is 12.9 Å². The lowest BCUT2D eigenvalue weighted by molar-refractivity contribution is 0.0933. The van der Waals surface area contributed by atoms with Gasteiger partial charge in [-0.1, -0.05) is 6.92 Å². The number of rotatable bonds is 1. The zero-order valence-electron chi connectivity index (χ0n) is 9.06. The summed E-state index contributed by atoms with van der Waals surface area (Å²) in [6.45, 7) is 1.63. The normalized spacial score (nSPS) is 22.6. The Labute approximate surface area is 94.2 Å². The molecule has 0 spiro atoms. The van der Waals surface area contributed by atoms with Gasteiger partial charge < -0.3 is 4.74 Å². The molecule has 0 radical (unpaired) electrons. The third kappa shape index (κ3) is 1.61. The molecule has 0 saturated carbocycles. The van der Waals surface area contributed by atoms with E-state index in [1.165, 1.54) is 19.2 Å². The molecule has 0 aromatic heterocycles. The molecule has 1 aromatic carbocycles. The van der Waals surface area contributed by atoms with Gasteiger partial charge in [-0.05, 0) is 18.2 Å². The SMILES string of the molecule is COc1ccc2c(c1)C(=O)C(C)CS2(=O)=O. The summed E-state index contributed by atoms with van der Waals surface area (Å²) in [5.74, 6) is -0.227. The number of ether oxygens (including phenoxy) is 1. The van der Waals surface area contributed by atoms with Gasteiger partial charge in [0.05, 0.1) is 17.8 Å². The largest absolute Gasteiger partial charge is 0.497 e. The van der Waals surface area contributed by atoms with E-state index in [1.54, 1.807) is 13.0 Å². The van der Waals surface area contributed by atoms with E-state index < -0.39 is 15.8 Å². The summed E-state index contributed by atoms with van der Waals surface area (Å²) in [5, 5.41) is 0. The number of hydrogen-bond donors (Lipinski definition) is 0. The summed E-state index contributed by atoms with van der Waals surface area (Å²) in [5.41, 5.74) is 0.248. The van der Waals surface area contributed by atoms with E-state index in [4.69, 9.17) is 4.74 Å². The Morgan fingerprint density at radius 3 is 2.69 bits per heavy atom. The van der Waals surface area contributed by atoms with Crippen molar-refractivity contribution in [1.29, 1.82) is 0 Å². The highest BCUT2D eigenvalue weighted by Gasteiger charge is 2.34. The first-order valence-electron chi connectivity index (χ1n) is 4.90. The summed E-state index contributed by atoms with van der Waals surface area (Å²) in [7, 11) is -1.85. The number of sulfone groups is 1. The monoisotopic (exact) mass is 240 g/mol. The van der Waals surface area contributed by atoms with E-state index in [9.17, 15) is 13.2 Å². The molecule has 16 heavy (non-hydrogen) atoms. The molecule has 5 heteroatoms. The minimum absolute atomic E-state index is 0.106.